The van der Waals surface area contributed by atoms with Crippen LogP contribution in [0.2, 0.25) is 0 Å². The van der Waals surface area contributed by atoms with E-state index in [1.165, 1.54) is 12.1 Å². The minimum Gasteiger partial charge on any atom is -0.376 e. The highest BCUT2D eigenvalue weighted by Gasteiger charge is 2.51. The van der Waals surface area contributed by atoms with Crippen LogP contribution < -0.4 is 9.50 Å². The first-order chi connectivity index (χ1) is 11.0. The Morgan fingerprint density at radius 2 is 1.79 bits per heavy atom. The highest BCUT2D eigenvalue weighted by Crippen LogP contribution is 2.48. The van der Waals surface area contributed by atoms with Gasteiger partial charge in [-0.3, -0.25) is 4.79 Å². The third-order valence-corrected chi connectivity index (χ3v) is 4.73. The Balaban J connectivity index is 2.11. The topological polar surface area (TPSA) is 72.5 Å². The zero-order valence-corrected chi connectivity index (χ0v) is 14.0. The van der Waals surface area contributed by atoms with Crippen LogP contribution in [0.25, 0.3) is 0 Å². The van der Waals surface area contributed by atoms with Gasteiger partial charge in [0.15, 0.2) is 0 Å². The van der Waals surface area contributed by atoms with Crippen molar-refractivity contribution in [3.63, 3.8) is 0 Å². The molecule has 1 aliphatic rings. The largest absolute Gasteiger partial charge is 0.534 e. The average molecular weight is 365 g/mol. The van der Waals surface area contributed by atoms with Crippen molar-refractivity contribution in [3.05, 3.63) is 29.8 Å². The van der Waals surface area contributed by atoms with Crippen LogP contribution in [0, 0.1) is 5.92 Å². The molecule has 0 atom stereocenters. The fourth-order valence-electron chi connectivity index (χ4n) is 2.24. The lowest BCUT2D eigenvalue weighted by molar-refractivity contribution is -0.123. The van der Waals surface area contributed by atoms with Crippen LogP contribution in [-0.4, -0.2) is 26.4 Å². The number of nitrogens with one attached hydrogen (secondary N) is 1. The predicted molar refractivity (Wildman–Crippen MR) is 80.8 cm³/mol. The third-order valence-electron chi connectivity index (χ3n) is 3.75. The second-order valence-electron chi connectivity index (χ2n) is 6.19. The van der Waals surface area contributed by atoms with Crippen molar-refractivity contribution in [2.24, 2.45) is 5.92 Å². The monoisotopic (exact) mass is 365 g/mol. The highest BCUT2D eigenvalue weighted by atomic mass is 32.2. The lowest BCUT2D eigenvalue weighted by atomic mass is 9.94. The first-order valence-corrected chi connectivity index (χ1v) is 8.78. The molecule has 134 valence electrons. The molecule has 24 heavy (non-hydrogen) atoms. The molecule has 0 heterocycles. The van der Waals surface area contributed by atoms with Gasteiger partial charge in [0.25, 0.3) is 0 Å². The summed E-state index contributed by atoms with van der Waals surface area (Å²) in [4.78, 5) is 12.3. The Morgan fingerprint density at radius 1 is 1.25 bits per heavy atom. The van der Waals surface area contributed by atoms with E-state index in [1.54, 1.807) is 0 Å². The van der Waals surface area contributed by atoms with Crippen LogP contribution in [0.1, 0.15) is 32.3 Å². The number of hydrogen-bond acceptors (Lipinski definition) is 4. The van der Waals surface area contributed by atoms with Crippen LogP contribution in [0.5, 0.6) is 5.75 Å². The van der Waals surface area contributed by atoms with Crippen molar-refractivity contribution in [2.75, 3.05) is 6.54 Å². The first-order valence-electron chi connectivity index (χ1n) is 7.37. The molecule has 0 aromatic heterocycles. The SMILES string of the molecule is CC(C)CNC(=O)C1(c2ccc(OS(=O)(=O)C(F)(F)F)cc2)CC1. The minimum atomic E-state index is -5.70. The highest BCUT2D eigenvalue weighted by molar-refractivity contribution is 7.88. The zero-order valence-electron chi connectivity index (χ0n) is 13.2. The second kappa shape index (κ2) is 6.27. The zero-order chi connectivity index (χ0) is 18.2. The van der Waals surface area contributed by atoms with Crippen LogP contribution in [0.4, 0.5) is 13.2 Å². The summed E-state index contributed by atoms with van der Waals surface area (Å²) in [5, 5.41) is 2.84. The van der Waals surface area contributed by atoms with Gasteiger partial charge in [-0.15, -0.1) is 0 Å². The predicted octanol–water partition coefficient (Wildman–Crippen LogP) is 2.72. The number of benzene rings is 1. The molecule has 0 saturated heterocycles. The van der Waals surface area contributed by atoms with Crippen molar-refractivity contribution in [1.29, 1.82) is 0 Å². The molecular weight excluding hydrogens is 347 g/mol. The minimum absolute atomic E-state index is 0.132. The number of carbonyl (C=O) groups is 1. The standard InChI is InChI=1S/C15H18F3NO4S/c1-10(2)9-19-13(20)14(7-8-14)11-3-5-12(6-4-11)23-24(21,22)15(16,17)18/h3-6,10H,7-9H2,1-2H3,(H,19,20). The number of amides is 1. The Labute approximate surface area is 138 Å². The van der Waals surface area contributed by atoms with Crippen molar-refractivity contribution >= 4 is 16.0 Å². The maximum Gasteiger partial charge on any atom is 0.534 e. The molecule has 0 aliphatic heterocycles. The molecule has 0 unspecified atom stereocenters. The number of rotatable bonds is 6. The van der Waals surface area contributed by atoms with Crippen molar-refractivity contribution in [1.82, 2.24) is 5.32 Å². The van der Waals surface area contributed by atoms with Gasteiger partial charge in [-0.25, -0.2) is 0 Å². The molecule has 9 heteroatoms. The van der Waals surface area contributed by atoms with E-state index in [1.807, 2.05) is 13.8 Å². The van der Waals surface area contributed by atoms with E-state index in [4.69, 9.17) is 0 Å². The molecule has 0 spiro atoms. The summed E-state index contributed by atoms with van der Waals surface area (Å²) in [5.41, 5.74) is -5.54. The number of alkyl halides is 3. The Kier molecular flexibility index (Phi) is 4.85. The molecule has 1 aromatic rings. The molecule has 1 aromatic carbocycles. The van der Waals surface area contributed by atoms with Crippen LogP contribution in [0.3, 0.4) is 0 Å². The van der Waals surface area contributed by atoms with E-state index >= 15 is 0 Å². The fraction of sp³-hybridized carbons (Fsp3) is 0.533. The van der Waals surface area contributed by atoms with Crippen molar-refractivity contribution in [2.45, 2.75) is 37.6 Å². The first kappa shape index (κ1) is 18.6. The van der Waals surface area contributed by atoms with Gasteiger partial charge in [0.2, 0.25) is 5.91 Å². The molecular formula is C15H18F3NO4S. The smallest absolute Gasteiger partial charge is 0.376 e. The van der Waals surface area contributed by atoms with Gasteiger partial charge in [-0.2, -0.15) is 21.6 Å². The van der Waals surface area contributed by atoms with E-state index in [2.05, 4.69) is 9.50 Å². The molecule has 1 fully saturated rings. The van der Waals surface area contributed by atoms with Crippen LogP contribution in [0.15, 0.2) is 24.3 Å². The van der Waals surface area contributed by atoms with Gasteiger partial charge >= 0.3 is 15.6 Å². The molecule has 1 N–H and O–H groups in total. The maximum atomic E-state index is 12.3. The number of hydrogen-bond donors (Lipinski definition) is 1. The lowest BCUT2D eigenvalue weighted by Gasteiger charge is -2.17. The van der Waals surface area contributed by atoms with E-state index in [0.29, 0.717) is 30.9 Å². The van der Waals surface area contributed by atoms with Crippen LogP contribution >= 0.6 is 0 Å². The lowest BCUT2D eigenvalue weighted by Crippen LogP contribution is -2.36. The fourth-order valence-corrected chi connectivity index (χ4v) is 2.70. The molecule has 2 rings (SSSR count). The van der Waals surface area contributed by atoms with Gasteiger partial charge in [-0.1, -0.05) is 26.0 Å². The summed E-state index contributed by atoms with van der Waals surface area (Å²) in [6.45, 7) is 4.46. The van der Waals surface area contributed by atoms with Crippen LogP contribution in [-0.2, 0) is 20.3 Å². The van der Waals surface area contributed by atoms with Crippen molar-refractivity contribution in [3.8, 4) is 5.75 Å². The number of halogens is 3. The van der Waals surface area contributed by atoms with Gasteiger partial charge < -0.3 is 9.50 Å². The summed E-state index contributed by atoms with van der Waals surface area (Å²) in [6.07, 6.45) is 1.27. The quantitative estimate of drug-likeness (QED) is 0.621. The summed E-state index contributed by atoms with van der Waals surface area (Å²) in [5.74, 6) is -0.282. The number of carbonyl (C=O) groups excluding carboxylic acids is 1. The molecule has 1 amide bonds. The summed E-state index contributed by atoms with van der Waals surface area (Å²) in [6, 6.07) is 5.08. The summed E-state index contributed by atoms with van der Waals surface area (Å²) >= 11 is 0. The Bertz CT molecular complexity index is 707. The Hall–Kier alpha value is -1.77. The summed E-state index contributed by atoms with van der Waals surface area (Å²) in [7, 11) is -5.70. The third kappa shape index (κ3) is 3.82. The molecule has 5 nitrogen and oxygen atoms in total. The van der Waals surface area contributed by atoms with E-state index in [9.17, 15) is 26.4 Å². The summed E-state index contributed by atoms with van der Waals surface area (Å²) < 4.78 is 62.8. The van der Waals surface area contributed by atoms with E-state index in [-0.39, 0.29) is 5.91 Å². The normalized spacial score (nSPS) is 16.8. The average Bonchev–Trinajstić information content (AvgIpc) is 3.25. The maximum absolute atomic E-state index is 12.3. The molecule has 0 radical (unpaired) electrons. The van der Waals surface area contributed by atoms with Gasteiger partial charge in [0.1, 0.15) is 5.75 Å². The van der Waals surface area contributed by atoms with Gasteiger partial charge in [0.05, 0.1) is 5.41 Å². The van der Waals surface area contributed by atoms with Crippen molar-refractivity contribution < 1.29 is 30.6 Å². The van der Waals surface area contributed by atoms with Gasteiger partial charge in [0, 0.05) is 6.54 Å². The molecule has 1 aliphatic carbocycles. The molecule has 0 bridgehead atoms. The van der Waals surface area contributed by atoms with E-state index in [0.717, 1.165) is 12.1 Å². The second-order valence-corrected chi connectivity index (χ2v) is 7.73. The van der Waals surface area contributed by atoms with E-state index < -0.39 is 26.8 Å². The molecule has 1 saturated carbocycles. The van der Waals surface area contributed by atoms with Gasteiger partial charge in [-0.05, 0) is 36.5 Å². The Morgan fingerprint density at radius 3 is 2.21 bits per heavy atom.